The van der Waals surface area contributed by atoms with Gasteiger partial charge in [-0.15, -0.1) is 0 Å². The molecule has 0 saturated heterocycles. The van der Waals surface area contributed by atoms with Crippen molar-refractivity contribution in [2.75, 3.05) is 0 Å². The second kappa shape index (κ2) is 8.62. The highest BCUT2D eigenvalue weighted by Gasteiger charge is 2.45. The Balaban J connectivity index is 2.08. The van der Waals surface area contributed by atoms with Gasteiger partial charge in [0.2, 0.25) is 0 Å². The molecule has 0 saturated carbocycles. The predicted octanol–water partition coefficient (Wildman–Crippen LogP) is 9.70. The van der Waals surface area contributed by atoms with E-state index in [-0.39, 0.29) is 10.8 Å². The van der Waals surface area contributed by atoms with Crippen molar-refractivity contribution in [2.45, 2.75) is 106 Å². The highest BCUT2D eigenvalue weighted by Crippen LogP contribution is 2.54. The lowest BCUT2D eigenvalue weighted by molar-refractivity contribution is 0.588. The Hall–Kier alpha value is -1.86. The fourth-order valence-corrected chi connectivity index (χ4v) is 11.2. The van der Waals surface area contributed by atoms with Gasteiger partial charge >= 0.3 is 0 Å². The molecule has 0 unspecified atom stereocenters. The van der Waals surface area contributed by atoms with Gasteiger partial charge in [0.25, 0.3) is 0 Å². The van der Waals surface area contributed by atoms with Gasteiger partial charge in [-0.05, 0) is 79.3 Å². The minimum Gasteiger partial charge on any atom is -0.0630 e. The molecule has 2 aromatic rings. The van der Waals surface area contributed by atoms with Gasteiger partial charge in [0.1, 0.15) is 8.07 Å². The van der Waals surface area contributed by atoms with E-state index < -0.39 is 8.07 Å². The van der Waals surface area contributed by atoms with Crippen molar-refractivity contribution in [1.82, 2.24) is 0 Å². The summed E-state index contributed by atoms with van der Waals surface area (Å²) < 4.78 is 0. The summed E-state index contributed by atoms with van der Waals surface area (Å²) >= 11 is 0. The summed E-state index contributed by atoms with van der Waals surface area (Å²) in [5, 5.41) is 3.50. The maximum absolute atomic E-state index is 2.67. The fraction of sp³-hybridized carbons (Fsp3) is 0.529. The van der Waals surface area contributed by atoms with Crippen molar-refractivity contribution >= 4 is 18.5 Å². The smallest absolute Gasteiger partial charge is 0.0630 e. The number of allylic oxidation sites excluding steroid dienone is 2. The molecule has 0 heterocycles. The Morgan fingerprint density at radius 2 is 0.943 bits per heavy atom. The maximum Gasteiger partial charge on any atom is 0.113 e. The first-order chi connectivity index (χ1) is 16.1. The Morgan fingerprint density at radius 1 is 0.600 bits per heavy atom. The lowest BCUT2D eigenvalue weighted by Crippen LogP contribution is -2.34. The SMILES string of the molecule is CC(C)C1=C([Si](C)(C)C2=C(C(C)C)Cc3cccc(C(C)(C)C)c32)c2c(cccc2C(C)(C)C)C1. The summed E-state index contributed by atoms with van der Waals surface area (Å²) in [4.78, 5) is 0. The van der Waals surface area contributed by atoms with E-state index in [4.69, 9.17) is 0 Å². The van der Waals surface area contributed by atoms with Crippen LogP contribution in [0.1, 0.15) is 103 Å². The standard InChI is InChI=1S/C34H48Si/c1-21(2)25-19-23-15-13-17-27(33(5,6)7)29(23)31(25)35(11,12)32-26(22(3)4)20-24-16-14-18-28(30(24)32)34(8,9)10/h13-18,21-22H,19-20H2,1-12H3. The molecule has 1 heteroatoms. The minimum atomic E-state index is -2.05. The summed E-state index contributed by atoms with van der Waals surface area (Å²) in [5.41, 5.74) is 13.1. The van der Waals surface area contributed by atoms with Crippen LogP contribution in [0.25, 0.3) is 10.4 Å². The number of fused-ring (bicyclic) bond motifs is 2. The van der Waals surface area contributed by atoms with Crippen molar-refractivity contribution in [3.05, 3.63) is 80.9 Å². The van der Waals surface area contributed by atoms with Crippen LogP contribution < -0.4 is 0 Å². The monoisotopic (exact) mass is 484 g/mol. The Labute approximate surface area is 217 Å². The average molecular weight is 485 g/mol. The zero-order valence-corrected chi connectivity index (χ0v) is 25.5. The molecule has 0 bridgehead atoms. The van der Waals surface area contributed by atoms with Gasteiger partial charge < -0.3 is 0 Å². The number of hydrogen-bond acceptors (Lipinski definition) is 0. The van der Waals surface area contributed by atoms with Gasteiger partial charge in [-0.25, -0.2) is 0 Å². The van der Waals surface area contributed by atoms with E-state index in [1.165, 1.54) is 11.1 Å². The van der Waals surface area contributed by atoms with Crippen LogP contribution in [-0.4, -0.2) is 8.07 Å². The third kappa shape index (κ3) is 4.33. The number of rotatable bonds is 4. The number of benzene rings is 2. The fourth-order valence-electron chi connectivity index (χ4n) is 6.78. The molecule has 188 valence electrons. The van der Waals surface area contributed by atoms with Crippen LogP contribution in [0.4, 0.5) is 0 Å². The van der Waals surface area contributed by atoms with E-state index in [1.807, 2.05) is 0 Å². The summed E-state index contributed by atoms with van der Waals surface area (Å²) in [6.07, 6.45) is 2.25. The van der Waals surface area contributed by atoms with E-state index >= 15 is 0 Å². The van der Waals surface area contributed by atoms with E-state index in [9.17, 15) is 0 Å². The molecular formula is C34H48Si. The molecule has 0 atom stereocenters. The minimum absolute atomic E-state index is 0.132. The van der Waals surface area contributed by atoms with Crippen molar-refractivity contribution in [3.63, 3.8) is 0 Å². The lowest BCUT2D eigenvalue weighted by Gasteiger charge is -2.36. The van der Waals surface area contributed by atoms with Crippen LogP contribution >= 0.6 is 0 Å². The normalized spacial score (nSPS) is 16.6. The molecular weight excluding hydrogens is 436 g/mol. The maximum atomic E-state index is 2.67. The third-order valence-corrected chi connectivity index (χ3v) is 12.1. The van der Waals surface area contributed by atoms with Crippen LogP contribution in [0.3, 0.4) is 0 Å². The largest absolute Gasteiger partial charge is 0.113 e. The Bertz CT molecular complexity index is 1120. The molecule has 35 heavy (non-hydrogen) atoms. The van der Waals surface area contributed by atoms with Crippen LogP contribution in [-0.2, 0) is 23.7 Å². The molecule has 0 aromatic heterocycles. The molecule has 2 aliphatic rings. The third-order valence-electron chi connectivity index (χ3n) is 8.47. The van der Waals surface area contributed by atoms with Crippen LogP contribution in [0, 0.1) is 11.8 Å². The van der Waals surface area contributed by atoms with Gasteiger partial charge in [0.15, 0.2) is 0 Å². The second-order valence-corrected chi connectivity index (χ2v) is 18.5. The van der Waals surface area contributed by atoms with Crippen LogP contribution in [0.5, 0.6) is 0 Å². The topological polar surface area (TPSA) is 0 Å². The van der Waals surface area contributed by atoms with Crippen LogP contribution in [0.2, 0.25) is 13.1 Å². The molecule has 2 aliphatic carbocycles. The first kappa shape index (κ1) is 26.2. The predicted molar refractivity (Wildman–Crippen MR) is 159 cm³/mol. The highest BCUT2D eigenvalue weighted by atomic mass is 28.3. The van der Waals surface area contributed by atoms with Gasteiger partial charge in [-0.3, -0.25) is 0 Å². The zero-order chi connectivity index (χ0) is 26.1. The molecule has 4 rings (SSSR count). The quantitative estimate of drug-likeness (QED) is 0.379. The summed E-state index contributed by atoms with van der Waals surface area (Å²) in [6, 6.07) is 14.2. The van der Waals surface area contributed by atoms with E-state index in [1.54, 1.807) is 43.8 Å². The molecule has 0 nitrogen and oxygen atoms in total. The summed E-state index contributed by atoms with van der Waals surface area (Å²) in [7, 11) is -2.05. The second-order valence-electron chi connectivity index (χ2n) is 14.3. The Morgan fingerprint density at radius 3 is 1.23 bits per heavy atom. The van der Waals surface area contributed by atoms with Gasteiger partial charge in [0.05, 0.1) is 0 Å². The highest BCUT2D eigenvalue weighted by molar-refractivity contribution is 7.09. The molecule has 0 fully saturated rings. The average Bonchev–Trinajstić information content (AvgIpc) is 3.31. The summed E-state index contributed by atoms with van der Waals surface area (Å²) in [5.74, 6) is 1.14. The van der Waals surface area contributed by atoms with Crippen molar-refractivity contribution in [2.24, 2.45) is 11.8 Å². The molecule has 2 aromatic carbocycles. The molecule has 0 spiro atoms. The van der Waals surface area contributed by atoms with Gasteiger partial charge in [0, 0.05) is 0 Å². The van der Waals surface area contributed by atoms with Crippen molar-refractivity contribution in [1.29, 1.82) is 0 Å². The van der Waals surface area contributed by atoms with E-state index in [2.05, 4.69) is 119 Å². The molecule has 0 N–H and O–H groups in total. The van der Waals surface area contributed by atoms with E-state index in [0.29, 0.717) is 11.8 Å². The molecule has 0 amide bonds. The first-order valence-electron chi connectivity index (χ1n) is 13.8. The Kier molecular flexibility index (Phi) is 6.45. The molecule has 0 radical (unpaired) electrons. The summed E-state index contributed by atoms with van der Waals surface area (Å²) in [6.45, 7) is 29.4. The molecule has 0 aliphatic heterocycles. The first-order valence-corrected chi connectivity index (χ1v) is 16.8. The van der Waals surface area contributed by atoms with Crippen molar-refractivity contribution in [3.8, 4) is 0 Å². The number of hydrogen-bond donors (Lipinski definition) is 0. The zero-order valence-electron chi connectivity index (χ0n) is 24.5. The van der Waals surface area contributed by atoms with Gasteiger partial charge in [-0.1, -0.05) is 130 Å². The van der Waals surface area contributed by atoms with Crippen LogP contribution in [0.15, 0.2) is 47.5 Å². The van der Waals surface area contributed by atoms with Crippen molar-refractivity contribution < 1.29 is 0 Å². The van der Waals surface area contributed by atoms with E-state index in [0.717, 1.165) is 12.8 Å². The van der Waals surface area contributed by atoms with Gasteiger partial charge in [-0.2, -0.15) is 0 Å². The lowest BCUT2D eigenvalue weighted by atomic mass is 9.82.